The number of hydrogen-bond donors (Lipinski definition) is 2. The highest BCUT2D eigenvalue weighted by molar-refractivity contribution is 5.96. The van der Waals surface area contributed by atoms with Crippen molar-refractivity contribution >= 4 is 34.0 Å². The van der Waals surface area contributed by atoms with Crippen LogP contribution < -0.4 is 15.5 Å². The van der Waals surface area contributed by atoms with Crippen LogP contribution in [0, 0.1) is 0 Å². The van der Waals surface area contributed by atoms with Gasteiger partial charge in [0, 0.05) is 24.5 Å². The molecule has 0 saturated carbocycles. The number of morpholine rings is 1. The first kappa shape index (κ1) is 19.9. The molecule has 6 nitrogen and oxygen atoms in total. The van der Waals surface area contributed by atoms with Crippen molar-refractivity contribution in [1.29, 1.82) is 0 Å². The molecule has 0 bridgehead atoms. The van der Waals surface area contributed by atoms with Crippen molar-refractivity contribution in [3.8, 4) is 0 Å². The van der Waals surface area contributed by atoms with Crippen LogP contribution in [0.4, 0.5) is 11.4 Å². The van der Waals surface area contributed by atoms with Crippen LogP contribution in [0.5, 0.6) is 0 Å². The molecule has 2 amide bonds. The molecule has 1 heterocycles. The second kappa shape index (κ2) is 9.41. The summed E-state index contributed by atoms with van der Waals surface area (Å²) in [6.45, 7) is 3.14. The lowest BCUT2D eigenvalue weighted by Gasteiger charge is -2.28. The maximum Gasteiger partial charge on any atom is 0.243 e. The number of carbonyl (C=O) groups is 2. The normalized spacial score (nSPS) is 13.8. The maximum absolute atomic E-state index is 12.3. The van der Waals surface area contributed by atoms with Gasteiger partial charge in [-0.2, -0.15) is 0 Å². The van der Waals surface area contributed by atoms with E-state index in [-0.39, 0.29) is 24.8 Å². The minimum absolute atomic E-state index is 0.0607. The number of benzene rings is 3. The van der Waals surface area contributed by atoms with Crippen molar-refractivity contribution in [2.24, 2.45) is 0 Å². The zero-order valence-electron chi connectivity index (χ0n) is 16.8. The topological polar surface area (TPSA) is 70.7 Å². The van der Waals surface area contributed by atoms with Crippen LogP contribution >= 0.6 is 0 Å². The third kappa shape index (κ3) is 4.96. The van der Waals surface area contributed by atoms with Gasteiger partial charge in [-0.3, -0.25) is 9.59 Å². The Morgan fingerprint density at radius 2 is 1.60 bits per heavy atom. The largest absolute Gasteiger partial charge is 0.378 e. The number of anilines is 2. The molecule has 0 radical (unpaired) electrons. The Hall–Kier alpha value is -3.38. The number of fused-ring (bicyclic) bond motifs is 1. The van der Waals surface area contributed by atoms with Gasteiger partial charge in [-0.1, -0.05) is 42.5 Å². The molecule has 2 N–H and O–H groups in total. The molecule has 1 aliphatic rings. The predicted molar refractivity (Wildman–Crippen MR) is 119 cm³/mol. The van der Waals surface area contributed by atoms with E-state index in [1.54, 1.807) is 0 Å². The van der Waals surface area contributed by atoms with Crippen LogP contribution in [0.25, 0.3) is 10.8 Å². The molecular formula is C24H25N3O3. The molecule has 0 spiro atoms. The fraction of sp³-hybridized carbons (Fsp3) is 0.250. The Morgan fingerprint density at radius 1 is 0.867 bits per heavy atom. The molecule has 154 valence electrons. The summed E-state index contributed by atoms with van der Waals surface area (Å²) in [7, 11) is 0. The zero-order chi connectivity index (χ0) is 20.8. The molecular weight excluding hydrogens is 378 g/mol. The van der Waals surface area contributed by atoms with E-state index >= 15 is 0 Å². The molecule has 0 aromatic heterocycles. The summed E-state index contributed by atoms with van der Waals surface area (Å²) in [6, 6.07) is 21.6. The molecule has 4 rings (SSSR count). The fourth-order valence-electron chi connectivity index (χ4n) is 3.64. The van der Waals surface area contributed by atoms with Crippen LogP contribution in [0.3, 0.4) is 0 Å². The molecule has 1 saturated heterocycles. The fourth-order valence-corrected chi connectivity index (χ4v) is 3.64. The number of amides is 2. The van der Waals surface area contributed by atoms with Gasteiger partial charge >= 0.3 is 0 Å². The average Bonchev–Trinajstić information content (AvgIpc) is 2.79. The van der Waals surface area contributed by atoms with Crippen molar-refractivity contribution in [3.05, 3.63) is 72.3 Å². The molecule has 3 aromatic rings. The second-order valence-corrected chi connectivity index (χ2v) is 7.29. The molecule has 0 unspecified atom stereocenters. The van der Waals surface area contributed by atoms with E-state index in [2.05, 4.69) is 15.5 Å². The Morgan fingerprint density at radius 3 is 2.40 bits per heavy atom. The standard InChI is InChI=1S/C24H25N3O3/c28-23(16-19-6-3-5-18-4-1-2-7-22(18)19)25-17-24(29)26-20-8-10-21(11-9-20)27-12-14-30-15-13-27/h1-11H,12-17H2,(H,25,28)(H,26,29). The van der Waals surface area contributed by atoms with Crippen LogP contribution in [0.1, 0.15) is 5.56 Å². The molecule has 30 heavy (non-hydrogen) atoms. The summed E-state index contributed by atoms with van der Waals surface area (Å²) < 4.78 is 5.37. The predicted octanol–water partition coefficient (Wildman–Crippen LogP) is 2.97. The minimum Gasteiger partial charge on any atom is -0.378 e. The summed E-state index contributed by atoms with van der Waals surface area (Å²) in [5, 5.41) is 7.68. The monoisotopic (exact) mass is 403 g/mol. The SMILES string of the molecule is O=C(Cc1cccc2ccccc12)NCC(=O)Nc1ccc(N2CCOCC2)cc1. The molecule has 0 atom stereocenters. The van der Waals surface area contributed by atoms with Crippen LogP contribution in [0.2, 0.25) is 0 Å². The van der Waals surface area contributed by atoms with Gasteiger partial charge in [-0.25, -0.2) is 0 Å². The number of rotatable bonds is 6. The molecule has 1 fully saturated rings. The van der Waals surface area contributed by atoms with E-state index in [9.17, 15) is 9.59 Å². The summed E-state index contributed by atoms with van der Waals surface area (Å²) >= 11 is 0. The van der Waals surface area contributed by atoms with E-state index in [1.807, 2.05) is 66.7 Å². The van der Waals surface area contributed by atoms with Gasteiger partial charge in [0.25, 0.3) is 0 Å². The van der Waals surface area contributed by atoms with Gasteiger partial charge in [0.05, 0.1) is 26.2 Å². The highest BCUT2D eigenvalue weighted by atomic mass is 16.5. The Balaban J connectivity index is 1.27. The van der Waals surface area contributed by atoms with Crippen molar-refractivity contribution in [1.82, 2.24) is 5.32 Å². The number of nitrogens with one attached hydrogen (secondary N) is 2. The van der Waals surface area contributed by atoms with Gasteiger partial charge in [0.2, 0.25) is 11.8 Å². The average molecular weight is 403 g/mol. The van der Waals surface area contributed by atoms with Gasteiger partial charge < -0.3 is 20.3 Å². The second-order valence-electron chi connectivity index (χ2n) is 7.29. The van der Waals surface area contributed by atoms with Crippen LogP contribution in [-0.2, 0) is 20.7 Å². The van der Waals surface area contributed by atoms with E-state index < -0.39 is 0 Å². The van der Waals surface area contributed by atoms with E-state index in [0.717, 1.165) is 48.3 Å². The van der Waals surface area contributed by atoms with Crippen molar-refractivity contribution < 1.29 is 14.3 Å². The number of hydrogen-bond acceptors (Lipinski definition) is 4. The molecule has 6 heteroatoms. The summed E-state index contributed by atoms with van der Waals surface area (Å²) in [5.74, 6) is -0.426. The Bertz CT molecular complexity index is 1020. The van der Waals surface area contributed by atoms with Gasteiger partial charge in [0.15, 0.2) is 0 Å². The molecule has 3 aromatic carbocycles. The number of ether oxygens (including phenoxy) is 1. The zero-order valence-corrected chi connectivity index (χ0v) is 16.8. The number of nitrogens with zero attached hydrogens (tertiary/aromatic N) is 1. The first-order valence-electron chi connectivity index (χ1n) is 10.1. The van der Waals surface area contributed by atoms with Crippen LogP contribution in [0.15, 0.2) is 66.7 Å². The highest BCUT2D eigenvalue weighted by Gasteiger charge is 2.12. The van der Waals surface area contributed by atoms with E-state index in [1.165, 1.54) is 0 Å². The molecule has 0 aliphatic carbocycles. The van der Waals surface area contributed by atoms with E-state index in [4.69, 9.17) is 4.74 Å². The van der Waals surface area contributed by atoms with Crippen molar-refractivity contribution in [3.63, 3.8) is 0 Å². The lowest BCUT2D eigenvalue weighted by molar-refractivity contribution is -0.123. The summed E-state index contributed by atoms with van der Waals surface area (Å²) in [6.07, 6.45) is 0.239. The first-order valence-corrected chi connectivity index (χ1v) is 10.1. The minimum atomic E-state index is -0.250. The summed E-state index contributed by atoms with van der Waals surface area (Å²) in [5.41, 5.74) is 2.77. The Labute approximate surface area is 175 Å². The summed E-state index contributed by atoms with van der Waals surface area (Å²) in [4.78, 5) is 26.8. The van der Waals surface area contributed by atoms with Gasteiger partial charge in [0.1, 0.15) is 0 Å². The first-order chi connectivity index (χ1) is 14.7. The van der Waals surface area contributed by atoms with Gasteiger partial charge in [-0.15, -0.1) is 0 Å². The quantitative estimate of drug-likeness (QED) is 0.664. The van der Waals surface area contributed by atoms with Crippen molar-refractivity contribution in [2.45, 2.75) is 6.42 Å². The van der Waals surface area contributed by atoms with Gasteiger partial charge in [-0.05, 0) is 40.6 Å². The Kier molecular flexibility index (Phi) is 6.25. The number of carbonyl (C=O) groups excluding carboxylic acids is 2. The smallest absolute Gasteiger partial charge is 0.243 e. The third-order valence-corrected chi connectivity index (χ3v) is 5.20. The third-order valence-electron chi connectivity index (χ3n) is 5.20. The van der Waals surface area contributed by atoms with Crippen molar-refractivity contribution in [2.75, 3.05) is 43.1 Å². The highest BCUT2D eigenvalue weighted by Crippen LogP contribution is 2.20. The lowest BCUT2D eigenvalue weighted by atomic mass is 10.0. The lowest BCUT2D eigenvalue weighted by Crippen LogP contribution is -2.36. The van der Waals surface area contributed by atoms with Crippen LogP contribution in [-0.4, -0.2) is 44.7 Å². The van der Waals surface area contributed by atoms with E-state index in [0.29, 0.717) is 5.69 Å². The molecule has 1 aliphatic heterocycles. The maximum atomic E-state index is 12.3.